The van der Waals surface area contributed by atoms with Crippen LogP contribution in [0, 0.1) is 13.8 Å². The van der Waals surface area contributed by atoms with Crippen molar-refractivity contribution in [2.45, 2.75) is 39.2 Å². The maximum atomic E-state index is 6.29. The quantitative estimate of drug-likeness (QED) is 0.243. The van der Waals surface area contributed by atoms with E-state index in [0.29, 0.717) is 11.7 Å². The number of rotatable bonds is 6. The van der Waals surface area contributed by atoms with E-state index in [1.54, 1.807) is 12.5 Å². The van der Waals surface area contributed by atoms with Crippen LogP contribution < -0.4 is 10.6 Å². The lowest BCUT2D eigenvalue weighted by Crippen LogP contribution is -2.35. The third kappa shape index (κ3) is 4.89. The van der Waals surface area contributed by atoms with Crippen LogP contribution in [0.5, 0.6) is 0 Å². The van der Waals surface area contributed by atoms with E-state index in [1.165, 1.54) is 22.5 Å². The van der Waals surface area contributed by atoms with Crippen molar-refractivity contribution in [3.8, 4) is 22.4 Å². The summed E-state index contributed by atoms with van der Waals surface area (Å²) in [7, 11) is 0. The molecular weight excluding hydrogens is 549 g/mol. The predicted octanol–water partition coefficient (Wildman–Crippen LogP) is 5.42. The molecule has 0 unspecified atom stereocenters. The van der Waals surface area contributed by atoms with Crippen molar-refractivity contribution in [2.75, 3.05) is 28.2 Å². The highest BCUT2D eigenvalue weighted by molar-refractivity contribution is 14.1. The standard InChI is InChI=1S/C27H30IN7/c1-18-5-6-21(14-19(18)2)23-16-35(13-9-28)26(33-23)20-7-11-34(12-8-20)27-24(25(29)31-17-32-27)22-4-3-10-30-15-22/h3-6,10,14-17,20H,7-9,11-13H2,1-2H3,(H2,29,31,32). The van der Waals surface area contributed by atoms with E-state index < -0.39 is 0 Å². The fourth-order valence-electron chi connectivity index (χ4n) is 4.83. The number of piperidine rings is 1. The van der Waals surface area contributed by atoms with Crippen molar-refractivity contribution in [2.24, 2.45) is 0 Å². The van der Waals surface area contributed by atoms with Crippen LogP contribution in [0.1, 0.15) is 35.7 Å². The van der Waals surface area contributed by atoms with Gasteiger partial charge in [-0.2, -0.15) is 0 Å². The highest BCUT2D eigenvalue weighted by Gasteiger charge is 2.28. The molecule has 2 N–H and O–H groups in total. The van der Waals surface area contributed by atoms with E-state index in [1.807, 2.05) is 18.3 Å². The molecule has 35 heavy (non-hydrogen) atoms. The Bertz CT molecular complexity index is 1310. The Labute approximate surface area is 220 Å². The van der Waals surface area contributed by atoms with Crippen LogP contribution >= 0.6 is 22.6 Å². The first-order chi connectivity index (χ1) is 17.0. The summed E-state index contributed by atoms with van der Waals surface area (Å²) in [5.41, 5.74) is 13.0. The van der Waals surface area contributed by atoms with Crippen LogP contribution in [0.15, 0.2) is 55.2 Å². The number of aromatic nitrogens is 5. The highest BCUT2D eigenvalue weighted by atomic mass is 127. The first-order valence-corrected chi connectivity index (χ1v) is 13.5. The molecule has 0 radical (unpaired) electrons. The minimum Gasteiger partial charge on any atom is -0.383 e. The van der Waals surface area contributed by atoms with Gasteiger partial charge in [0.2, 0.25) is 0 Å². The number of halogens is 1. The normalized spacial score (nSPS) is 14.4. The lowest BCUT2D eigenvalue weighted by molar-refractivity contribution is 0.467. The second-order valence-electron chi connectivity index (χ2n) is 9.13. The molecule has 1 aliphatic heterocycles. The van der Waals surface area contributed by atoms with E-state index in [0.717, 1.165) is 59.5 Å². The van der Waals surface area contributed by atoms with Gasteiger partial charge >= 0.3 is 0 Å². The van der Waals surface area contributed by atoms with Gasteiger partial charge in [-0.1, -0.05) is 40.8 Å². The Morgan fingerprint density at radius 3 is 2.60 bits per heavy atom. The SMILES string of the molecule is Cc1ccc(-c2cn(CCI)c(C3CCN(c4ncnc(N)c4-c4cccnc4)CC3)n2)cc1C. The lowest BCUT2D eigenvalue weighted by Gasteiger charge is -2.33. The minimum absolute atomic E-state index is 0.413. The molecule has 0 aliphatic carbocycles. The Balaban J connectivity index is 1.39. The highest BCUT2D eigenvalue weighted by Crippen LogP contribution is 2.37. The van der Waals surface area contributed by atoms with Crippen molar-refractivity contribution in [3.05, 3.63) is 72.2 Å². The second-order valence-corrected chi connectivity index (χ2v) is 10.2. The Morgan fingerprint density at radius 1 is 1.06 bits per heavy atom. The van der Waals surface area contributed by atoms with Gasteiger partial charge in [-0.25, -0.2) is 15.0 Å². The third-order valence-corrected chi connectivity index (χ3v) is 7.38. The number of aryl methyl sites for hydroxylation is 3. The van der Waals surface area contributed by atoms with Crippen molar-refractivity contribution in [3.63, 3.8) is 0 Å². The third-order valence-electron chi connectivity index (χ3n) is 6.90. The maximum Gasteiger partial charge on any atom is 0.142 e. The molecule has 0 atom stereocenters. The Morgan fingerprint density at radius 2 is 1.89 bits per heavy atom. The average Bonchev–Trinajstić information content (AvgIpc) is 3.30. The van der Waals surface area contributed by atoms with Crippen molar-refractivity contribution < 1.29 is 0 Å². The zero-order valence-electron chi connectivity index (χ0n) is 20.2. The molecule has 8 heteroatoms. The molecular formula is C27H30IN7. The molecule has 0 amide bonds. The van der Waals surface area contributed by atoms with Crippen molar-refractivity contribution in [1.82, 2.24) is 24.5 Å². The van der Waals surface area contributed by atoms with E-state index in [9.17, 15) is 0 Å². The average molecular weight is 579 g/mol. The summed E-state index contributed by atoms with van der Waals surface area (Å²) in [6.07, 6.45) is 9.40. The van der Waals surface area contributed by atoms with Crippen LogP contribution in [0.2, 0.25) is 0 Å². The zero-order valence-corrected chi connectivity index (χ0v) is 22.3. The van der Waals surface area contributed by atoms with Gasteiger partial charge in [0.25, 0.3) is 0 Å². The molecule has 5 rings (SSSR count). The second kappa shape index (κ2) is 10.3. The van der Waals surface area contributed by atoms with Crippen LogP contribution in [0.25, 0.3) is 22.4 Å². The monoisotopic (exact) mass is 579 g/mol. The summed E-state index contributed by atoms with van der Waals surface area (Å²) in [6.45, 7) is 7.07. The summed E-state index contributed by atoms with van der Waals surface area (Å²) in [5.74, 6) is 2.98. The van der Waals surface area contributed by atoms with Gasteiger partial charge < -0.3 is 15.2 Å². The van der Waals surface area contributed by atoms with E-state index in [4.69, 9.17) is 10.7 Å². The van der Waals surface area contributed by atoms with Crippen LogP contribution in [-0.4, -0.2) is 42.0 Å². The van der Waals surface area contributed by atoms with Crippen LogP contribution in [0.4, 0.5) is 11.6 Å². The number of nitrogens with zero attached hydrogens (tertiary/aromatic N) is 6. The van der Waals surface area contributed by atoms with Gasteiger partial charge in [-0.15, -0.1) is 0 Å². The number of nitrogens with two attached hydrogens (primary N) is 1. The molecule has 0 saturated carbocycles. The summed E-state index contributed by atoms with van der Waals surface area (Å²) >= 11 is 2.45. The fraction of sp³-hybridized carbons (Fsp3) is 0.333. The topological polar surface area (TPSA) is 85.8 Å². The summed E-state index contributed by atoms with van der Waals surface area (Å²) < 4.78 is 3.42. The molecule has 3 aromatic heterocycles. The molecule has 0 bridgehead atoms. The molecule has 1 aromatic carbocycles. The summed E-state index contributed by atoms with van der Waals surface area (Å²) in [4.78, 5) is 20.6. The summed E-state index contributed by atoms with van der Waals surface area (Å²) in [5, 5.41) is 0. The smallest absolute Gasteiger partial charge is 0.142 e. The van der Waals surface area contributed by atoms with E-state index >= 15 is 0 Å². The fourth-order valence-corrected chi connectivity index (χ4v) is 5.35. The Hall–Kier alpha value is -3.01. The first-order valence-electron chi connectivity index (χ1n) is 12.0. The number of pyridine rings is 1. The number of hydrogen-bond donors (Lipinski definition) is 1. The molecule has 1 fully saturated rings. The van der Waals surface area contributed by atoms with Crippen molar-refractivity contribution >= 4 is 34.2 Å². The van der Waals surface area contributed by atoms with E-state index in [-0.39, 0.29) is 0 Å². The van der Waals surface area contributed by atoms with Gasteiger partial charge in [-0.3, -0.25) is 4.98 Å². The zero-order chi connectivity index (χ0) is 24.4. The number of nitrogen functional groups attached to an aromatic ring is 1. The van der Waals surface area contributed by atoms with Crippen molar-refractivity contribution in [1.29, 1.82) is 0 Å². The van der Waals surface area contributed by atoms with Crippen LogP contribution in [0.3, 0.4) is 0 Å². The van der Waals surface area contributed by atoms with Gasteiger partial charge in [0.15, 0.2) is 0 Å². The molecule has 1 saturated heterocycles. The number of alkyl halides is 1. The molecule has 0 spiro atoms. The van der Waals surface area contributed by atoms with Gasteiger partial charge in [0.1, 0.15) is 23.8 Å². The van der Waals surface area contributed by atoms with Gasteiger partial charge in [0.05, 0.1) is 11.3 Å². The molecule has 4 aromatic rings. The summed E-state index contributed by atoms with van der Waals surface area (Å²) in [6, 6.07) is 10.5. The molecule has 180 valence electrons. The maximum absolute atomic E-state index is 6.29. The Kier molecular flexibility index (Phi) is 6.99. The minimum atomic E-state index is 0.413. The molecule has 1 aliphatic rings. The molecule has 7 nitrogen and oxygen atoms in total. The van der Waals surface area contributed by atoms with E-state index in [2.05, 4.69) is 85.3 Å². The number of hydrogen-bond acceptors (Lipinski definition) is 6. The predicted molar refractivity (Wildman–Crippen MR) is 150 cm³/mol. The molecule has 4 heterocycles. The number of benzene rings is 1. The number of imidazole rings is 1. The van der Waals surface area contributed by atoms with Gasteiger partial charge in [0, 0.05) is 59.7 Å². The largest absolute Gasteiger partial charge is 0.383 e. The number of anilines is 2. The lowest BCUT2D eigenvalue weighted by atomic mass is 9.95. The first kappa shape index (κ1) is 23.7. The van der Waals surface area contributed by atoms with Gasteiger partial charge in [-0.05, 0) is 49.9 Å². The van der Waals surface area contributed by atoms with Crippen LogP contribution in [-0.2, 0) is 6.54 Å².